The number of piperazine rings is 1. The molecule has 22 heavy (non-hydrogen) atoms. The molecule has 2 heterocycles. The maximum absolute atomic E-state index is 5.57. The fraction of sp³-hybridized carbons (Fsp3) is 0.529. The van der Waals surface area contributed by atoms with Gasteiger partial charge in [-0.2, -0.15) is 0 Å². The van der Waals surface area contributed by atoms with E-state index in [4.69, 9.17) is 14.2 Å². The van der Waals surface area contributed by atoms with Gasteiger partial charge in [0.1, 0.15) is 0 Å². The molecule has 0 bridgehead atoms. The molecule has 2 aliphatic rings. The van der Waals surface area contributed by atoms with E-state index in [0.717, 1.165) is 50.5 Å². The number of fused-ring (bicyclic) bond motifs is 1. The molecule has 5 nitrogen and oxygen atoms in total. The first-order valence-corrected chi connectivity index (χ1v) is 7.86. The van der Waals surface area contributed by atoms with E-state index in [1.165, 1.54) is 5.56 Å². The molecular weight excluding hydrogens is 280 g/mol. The molecule has 1 aromatic rings. The van der Waals surface area contributed by atoms with Crippen molar-refractivity contribution in [2.75, 3.05) is 40.1 Å². The monoisotopic (exact) mass is 304 g/mol. The molecule has 0 aromatic heterocycles. The van der Waals surface area contributed by atoms with Crippen LogP contribution < -0.4 is 19.5 Å². The predicted octanol–water partition coefficient (Wildman–Crippen LogP) is 2.34. The van der Waals surface area contributed by atoms with Crippen molar-refractivity contribution in [3.63, 3.8) is 0 Å². The Bertz CT molecular complexity index is 527. The van der Waals surface area contributed by atoms with Crippen molar-refractivity contribution < 1.29 is 14.2 Å². The standard InChI is InChI=1S/C17H24N2O3/c1-3-4-5-14(19-8-6-18-7-9-19)13-10-15(20-2)17-16(11-13)21-12-22-17/h3,10-11,14,18H,1,4-9,12H2,2H3/t14-/m1/s1. The largest absolute Gasteiger partial charge is 0.493 e. The number of rotatable bonds is 6. The first-order chi connectivity index (χ1) is 10.8. The highest BCUT2D eigenvalue weighted by Gasteiger charge is 2.26. The zero-order valence-electron chi connectivity index (χ0n) is 13.1. The minimum atomic E-state index is 0.264. The second-order valence-corrected chi connectivity index (χ2v) is 5.62. The van der Waals surface area contributed by atoms with E-state index < -0.39 is 0 Å². The fourth-order valence-corrected chi connectivity index (χ4v) is 3.17. The van der Waals surface area contributed by atoms with Crippen molar-refractivity contribution in [3.05, 3.63) is 30.4 Å². The molecule has 1 saturated heterocycles. The number of hydrogen-bond donors (Lipinski definition) is 1. The number of benzene rings is 1. The maximum atomic E-state index is 5.57. The van der Waals surface area contributed by atoms with Gasteiger partial charge >= 0.3 is 0 Å². The second-order valence-electron chi connectivity index (χ2n) is 5.62. The van der Waals surface area contributed by atoms with Crippen LogP contribution in [-0.2, 0) is 0 Å². The van der Waals surface area contributed by atoms with Crippen LogP contribution in [0.5, 0.6) is 17.2 Å². The van der Waals surface area contributed by atoms with Gasteiger partial charge in [-0.15, -0.1) is 6.58 Å². The van der Waals surface area contributed by atoms with Gasteiger partial charge in [0.2, 0.25) is 12.5 Å². The Hall–Kier alpha value is -1.72. The van der Waals surface area contributed by atoms with E-state index in [1.54, 1.807) is 7.11 Å². The molecule has 1 N–H and O–H groups in total. The molecule has 1 atom stereocenters. The van der Waals surface area contributed by atoms with Crippen molar-refractivity contribution >= 4 is 0 Å². The van der Waals surface area contributed by atoms with Crippen LogP contribution in [0.1, 0.15) is 24.4 Å². The molecule has 3 rings (SSSR count). The lowest BCUT2D eigenvalue weighted by atomic mass is 9.98. The molecule has 120 valence electrons. The first kappa shape index (κ1) is 15.2. The number of ether oxygens (including phenoxy) is 3. The molecule has 0 aliphatic carbocycles. The lowest BCUT2D eigenvalue weighted by Gasteiger charge is -2.35. The summed E-state index contributed by atoms with van der Waals surface area (Å²) in [4.78, 5) is 2.52. The van der Waals surface area contributed by atoms with Crippen LogP contribution in [0, 0.1) is 0 Å². The number of hydrogen-bond acceptors (Lipinski definition) is 5. The first-order valence-electron chi connectivity index (χ1n) is 7.86. The summed E-state index contributed by atoms with van der Waals surface area (Å²) in [6.45, 7) is 8.30. The van der Waals surface area contributed by atoms with Gasteiger partial charge in [-0.05, 0) is 30.5 Å². The molecule has 1 aromatic carbocycles. The fourth-order valence-electron chi connectivity index (χ4n) is 3.17. The Labute approximate surface area is 131 Å². The van der Waals surface area contributed by atoms with Crippen molar-refractivity contribution in [2.45, 2.75) is 18.9 Å². The smallest absolute Gasteiger partial charge is 0.231 e. The maximum Gasteiger partial charge on any atom is 0.231 e. The third-order valence-corrected chi connectivity index (χ3v) is 4.30. The van der Waals surface area contributed by atoms with Gasteiger partial charge in [0.25, 0.3) is 0 Å². The Morgan fingerprint density at radius 1 is 1.36 bits per heavy atom. The van der Waals surface area contributed by atoms with Crippen LogP contribution in [-0.4, -0.2) is 45.0 Å². The van der Waals surface area contributed by atoms with Gasteiger partial charge in [0.15, 0.2) is 11.5 Å². The van der Waals surface area contributed by atoms with Crippen LogP contribution in [0.2, 0.25) is 0 Å². The molecule has 0 saturated carbocycles. The third-order valence-electron chi connectivity index (χ3n) is 4.30. The third kappa shape index (κ3) is 3.05. The average molecular weight is 304 g/mol. The molecule has 0 spiro atoms. The highest BCUT2D eigenvalue weighted by Crippen LogP contribution is 2.44. The summed E-state index contributed by atoms with van der Waals surface area (Å²) in [5.74, 6) is 2.26. The van der Waals surface area contributed by atoms with E-state index in [1.807, 2.05) is 6.08 Å². The normalized spacial score (nSPS) is 19.0. The lowest BCUT2D eigenvalue weighted by Crippen LogP contribution is -2.45. The van der Waals surface area contributed by atoms with Crippen molar-refractivity contribution in [1.29, 1.82) is 0 Å². The molecule has 0 unspecified atom stereocenters. The van der Waals surface area contributed by atoms with Gasteiger partial charge in [0, 0.05) is 32.2 Å². The molecular formula is C17H24N2O3. The predicted molar refractivity (Wildman–Crippen MR) is 85.7 cm³/mol. The number of nitrogens with one attached hydrogen (secondary N) is 1. The van der Waals surface area contributed by atoms with Crippen LogP contribution in [0.15, 0.2) is 24.8 Å². The summed E-state index contributed by atoms with van der Waals surface area (Å²) in [6.07, 6.45) is 4.02. The summed E-state index contributed by atoms with van der Waals surface area (Å²) in [5, 5.41) is 3.41. The summed E-state index contributed by atoms with van der Waals surface area (Å²) < 4.78 is 16.5. The van der Waals surface area contributed by atoms with E-state index in [-0.39, 0.29) is 6.79 Å². The summed E-state index contributed by atoms with van der Waals surface area (Å²) in [5.41, 5.74) is 1.23. The molecule has 0 amide bonds. The quantitative estimate of drug-likeness (QED) is 0.817. The average Bonchev–Trinajstić information content (AvgIpc) is 3.04. The summed E-state index contributed by atoms with van der Waals surface area (Å²) in [7, 11) is 1.67. The van der Waals surface area contributed by atoms with Crippen molar-refractivity contribution in [1.82, 2.24) is 10.2 Å². The van der Waals surface area contributed by atoms with Gasteiger partial charge in [-0.3, -0.25) is 4.90 Å². The van der Waals surface area contributed by atoms with Gasteiger partial charge < -0.3 is 19.5 Å². The van der Waals surface area contributed by atoms with E-state index in [9.17, 15) is 0 Å². The van der Waals surface area contributed by atoms with Gasteiger partial charge in [-0.1, -0.05) is 6.08 Å². The van der Waals surface area contributed by atoms with E-state index >= 15 is 0 Å². The molecule has 5 heteroatoms. The number of allylic oxidation sites excluding steroid dienone is 1. The Kier molecular flexibility index (Phi) is 4.85. The van der Waals surface area contributed by atoms with E-state index in [2.05, 4.69) is 28.9 Å². The van der Waals surface area contributed by atoms with Crippen LogP contribution in [0.3, 0.4) is 0 Å². The van der Waals surface area contributed by atoms with Crippen LogP contribution in [0.25, 0.3) is 0 Å². The Balaban J connectivity index is 1.90. The van der Waals surface area contributed by atoms with Crippen molar-refractivity contribution in [2.24, 2.45) is 0 Å². The zero-order chi connectivity index (χ0) is 15.4. The highest BCUT2D eigenvalue weighted by molar-refractivity contribution is 5.55. The summed E-state index contributed by atoms with van der Waals surface area (Å²) >= 11 is 0. The van der Waals surface area contributed by atoms with E-state index in [0.29, 0.717) is 11.8 Å². The molecule has 0 radical (unpaired) electrons. The Morgan fingerprint density at radius 2 is 2.18 bits per heavy atom. The summed E-state index contributed by atoms with van der Waals surface area (Å²) in [6, 6.07) is 4.53. The lowest BCUT2D eigenvalue weighted by molar-refractivity contribution is 0.165. The van der Waals surface area contributed by atoms with Gasteiger partial charge in [0.05, 0.1) is 7.11 Å². The Morgan fingerprint density at radius 3 is 2.91 bits per heavy atom. The topological polar surface area (TPSA) is 43.0 Å². The molecule has 2 aliphatic heterocycles. The number of nitrogens with zero attached hydrogens (tertiary/aromatic N) is 1. The highest BCUT2D eigenvalue weighted by atomic mass is 16.7. The SMILES string of the molecule is C=CCC[C@H](c1cc(OC)c2c(c1)OCO2)N1CCNCC1. The number of methoxy groups -OCH3 is 1. The van der Waals surface area contributed by atoms with Crippen LogP contribution >= 0.6 is 0 Å². The van der Waals surface area contributed by atoms with Gasteiger partial charge in [-0.25, -0.2) is 0 Å². The molecule has 1 fully saturated rings. The zero-order valence-corrected chi connectivity index (χ0v) is 13.1. The minimum absolute atomic E-state index is 0.264. The second kappa shape index (κ2) is 7.03. The van der Waals surface area contributed by atoms with Crippen LogP contribution in [0.4, 0.5) is 0 Å². The van der Waals surface area contributed by atoms with Crippen molar-refractivity contribution in [3.8, 4) is 17.2 Å². The minimum Gasteiger partial charge on any atom is -0.493 e.